The molecule has 6 nitrogen and oxygen atoms in total. The van der Waals surface area contributed by atoms with Crippen molar-refractivity contribution in [1.29, 1.82) is 0 Å². The fraction of sp³-hybridized carbons (Fsp3) is 0.500. The van der Waals surface area contributed by atoms with E-state index < -0.39 is 0 Å². The average Bonchev–Trinajstić information content (AvgIpc) is 2.59. The van der Waals surface area contributed by atoms with E-state index in [0.29, 0.717) is 6.54 Å². The first-order valence-electron chi connectivity index (χ1n) is 4.26. The third-order valence-electron chi connectivity index (χ3n) is 1.83. The Kier molecular flexibility index (Phi) is 3.47. The predicted octanol–water partition coefficient (Wildman–Crippen LogP) is 0.208. The summed E-state index contributed by atoms with van der Waals surface area (Å²) in [5, 5.41) is 18.1. The van der Waals surface area contributed by atoms with E-state index >= 15 is 0 Å². The maximum absolute atomic E-state index is 8.40. The summed E-state index contributed by atoms with van der Waals surface area (Å²) in [4.78, 5) is 0. The standard InChI is InChI=1S/C8H14N4O2/c1-5-3-7(12-14-5)4-10-6(2)8(9)11-13/h3,6,10,13H,4H2,1-2H3,(H2,9,11). The molecule has 0 aromatic carbocycles. The molecule has 1 unspecified atom stereocenters. The van der Waals surface area contributed by atoms with Gasteiger partial charge in [0, 0.05) is 12.6 Å². The fourth-order valence-corrected chi connectivity index (χ4v) is 0.950. The Morgan fingerprint density at radius 1 is 1.86 bits per heavy atom. The molecule has 0 amide bonds. The van der Waals surface area contributed by atoms with Crippen molar-refractivity contribution in [3.05, 3.63) is 17.5 Å². The van der Waals surface area contributed by atoms with Crippen LogP contribution in [-0.4, -0.2) is 22.2 Å². The van der Waals surface area contributed by atoms with E-state index in [2.05, 4.69) is 15.6 Å². The van der Waals surface area contributed by atoms with Gasteiger partial charge in [-0.05, 0) is 13.8 Å². The van der Waals surface area contributed by atoms with E-state index in [-0.39, 0.29) is 11.9 Å². The van der Waals surface area contributed by atoms with Crippen molar-refractivity contribution in [2.75, 3.05) is 0 Å². The van der Waals surface area contributed by atoms with Gasteiger partial charge < -0.3 is 20.8 Å². The number of aryl methyl sites for hydroxylation is 1. The first-order chi connectivity index (χ1) is 6.63. The molecule has 0 spiro atoms. The van der Waals surface area contributed by atoms with Gasteiger partial charge in [-0.15, -0.1) is 0 Å². The minimum absolute atomic E-state index is 0.144. The fourth-order valence-electron chi connectivity index (χ4n) is 0.950. The Labute approximate surface area is 81.8 Å². The van der Waals surface area contributed by atoms with Gasteiger partial charge in [0.1, 0.15) is 5.76 Å². The predicted molar refractivity (Wildman–Crippen MR) is 51.0 cm³/mol. The van der Waals surface area contributed by atoms with Crippen LogP contribution < -0.4 is 11.1 Å². The van der Waals surface area contributed by atoms with Crippen LogP contribution in [0, 0.1) is 6.92 Å². The van der Waals surface area contributed by atoms with E-state index in [1.54, 1.807) is 6.92 Å². The number of nitrogens with zero attached hydrogens (tertiary/aromatic N) is 2. The number of aromatic nitrogens is 1. The van der Waals surface area contributed by atoms with Crippen LogP contribution in [0.15, 0.2) is 15.7 Å². The molecule has 1 heterocycles. The lowest BCUT2D eigenvalue weighted by atomic mass is 10.3. The van der Waals surface area contributed by atoms with E-state index in [1.165, 1.54) is 0 Å². The van der Waals surface area contributed by atoms with Crippen molar-refractivity contribution >= 4 is 5.84 Å². The molecule has 4 N–H and O–H groups in total. The highest BCUT2D eigenvalue weighted by molar-refractivity contribution is 5.84. The van der Waals surface area contributed by atoms with Crippen molar-refractivity contribution in [2.45, 2.75) is 26.4 Å². The van der Waals surface area contributed by atoms with Crippen molar-refractivity contribution in [2.24, 2.45) is 10.9 Å². The summed E-state index contributed by atoms with van der Waals surface area (Å²) in [6.07, 6.45) is 0. The summed E-state index contributed by atoms with van der Waals surface area (Å²) in [7, 11) is 0. The van der Waals surface area contributed by atoms with Crippen LogP contribution in [0.1, 0.15) is 18.4 Å². The second-order valence-electron chi connectivity index (χ2n) is 3.06. The van der Waals surface area contributed by atoms with Crippen LogP contribution >= 0.6 is 0 Å². The van der Waals surface area contributed by atoms with Crippen LogP contribution in [0.2, 0.25) is 0 Å². The zero-order chi connectivity index (χ0) is 10.6. The zero-order valence-electron chi connectivity index (χ0n) is 8.19. The van der Waals surface area contributed by atoms with Gasteiger partial charge >= 0.3 is 0 Å². The third kappa shape index (κ3) is 2.74. The number of rotatable bonds is 4. The van der Waals surface area contributed by atoms with Crippen molar-refractivity contribution in [3.63, 3.8) is 0 Å². The van der Waals surface area contributed by atoms with Gasteiger partial charge in [-0.2, -0.15) is 0 Å². The molecule has 1 rings (SSSR count). The lowest BCUT2D eigenvalue weighted by molar-refractivity contribution is 0.315. The molecule has 1 aromatic rings. The normalized spacial score (nSPS) is 14.3. The lowest BCUT2D eigenvalue weighted by Crippen LogP contribution is -2.38. The molecular weight excluding hydrogens is 184 g/mol. The number of hydrogen-bond donors (Lipinski definition) is 3. The second kappa shape index (κ2) is 4.61. The molecule has 0 saturated heterocycles. The molecular formula is C8H14N4O2. The molecule has 0 saturated carbocycles. The molecule has 0 radical (unpaired) electrons. The first kappa shape index (κ1) is 10.5. The van der Waals surface area contributed by atoms with Crippen LogP contribution in [0.5, 0.6) is 0 Å². The number of nitrogens with one attached hydrogen (secondary N) is 1. The molecule has 6 heteroatoms. The van der Waals surface area contributed by atoms with Gasteiger partial charge in [-0.1, -0.05) is 10.3 Å². The Morgan fingerprint density at radius 2 is 2.57 bits per heavy atom. The molecule has 1 aromatic heterocycles. The highest BCUT2D eigenvalue weighted by atomic mass is 16.5. The maximum Gasteiger partial charge on any atom is 0.156 e. The van der Waals surface area contributed by atoms with Crippen LogP contribution in [-0.2, 0) is 6.54 Å². The number of oxime groups is 1. The number of nitrogens with two attached hydrogens (primary N) is 1. The molecule has 0 aliphatic carbocycles. The summed E-state index contributed by atoms with van der Waals surface area (Å²) in [6, 6.07) is 1.63. The van der Waals surface area contributed by atoms with Gasteiger partial charge in [0.2, 0.25) is 0 Å². The van der Waals surface area contributed by atoms with Crippen molar-refractivity contribution < 1.29 is 9.73 Å². The molecule has 1 atom stereocenters. The summed E-state index contributed by atoms with van der Waals surface area (Å²) in [6.45, 7) is 4.14. The minimum Gasteiger partial charge on any atom is -0.409 e. The average molecular weight is 198 g/mol. The Morgan fingerprint density at radius 3 is 3.07 bits per heavy atom. The van der Waals surface area contributed by atoms with Crippen LogP contribution in [0.4, 0.5) is 0 Å². The topological polar surface area (TPSA) is 96.7 Å². The van der Waals surface area contributed by atoms with Gasteiger partial charge in [0.15, 0.2) is 5.84 Å². The highest BCUT2D eigenvalue weighted by Gasteiger charge is 2.07. The molecule has 0 aliphatic rings. The smallest absolute Gasteiger partial charge is 0.156 e. The summed E-state index contributed by atoms with van der Waals surface area (Å²) in [5.41, 5.74) is 6.17. The van der Waals surface area contributed by atoms with Gasteiger partial charge in [0.25, 0.3) is 0 Å². The van der Waals surface area contributed by atoms with Crippen LogP contribution in [0.25, 0.3) is 0 Å². The Hall–Kier alpha value is -1.56. The molecule has 14 heavy (non-hydrogen) atoms. The summed E-state index contributed by atoms with van der Waals surface area (Å²) >= 11 is 0. The Balaban J connectivity index is 2.41. The van der Waals surface area contributed by atoms with E-state index in [9.17, 15) is 0 Å². The zero-order valence-corrected chi connectivity index (χ0v) is 8.19. The molecule has 0 bridgehead atoms. The highest BCUT2D eigenvalue weighted by Crippen LogP contribution is 2.00. The Bertz CT molecular complexity index is 321. The van der Waals surface area contributed by atoms with Gasteiger partial charge in [-0.25, -0.2) is 0 Å². The second-order valence-corrected chi connectivity index (χ2v) is 3.06. The largest absolute Gasteiger partial charge is 0.409 e. The molecule has 0 fully saturated rings. The number of hydrogen-bond acceptors (Lipinski definition) is 5. The van der Waals surface area contributed by atoms with Gasteiger partial charge in [0.05, 0.1) is 11.7 Å². The maximum atomic E-state index is 8.40. The van der Waals surface area contributed by atoms with Crippen LogP contribution in [0.3, 0.4) is 0 Å². The third-order valence-corrected chi connectivity index (χ3v) is 1.83. The molecule has 0 aliphatic heterocycles. The molecule has 78 valence electrons. The summed E-state index contributed by atoms with van der Waals surface area (Å²) in [5.74, 6) is 0.906. The van der Waals surface area contributed by atoms with Gasteiger partial charge in [-0.3, -0.25) is 0 Å². The monoisotopic (exact) mass is 198 g/mol. The quantitative estimate of drug-likeness (QED) is 0.278. The first-order valence-corrected chi connectivity index (χ1v) is 4.26. The minimum atomic E-state index is -0.197. The number of amidine groups is 1. The lowest BCUT2D eigenvalue weighted by Gasteiger charge is -2.09. The SMILES string of the molecule is Cc1cc(CNC(C)C(N)=NO)no1. The van der Waals surface area contributed by atoms with E-state index in [4.69, 9.17) is 15.5 Å². The van der Waals surface area contributed by atoms with Crippen molar-refractivity contribution in [1.82, 2.24) is 10.5 Å². The van der Waals surface area contributed by atoms with E-state index in [0.717, 1.165) is 11.5 Å². The summed E-state index contributed by atoms with van der Waals surface area (Å²) < 4.78 is 4.88. The van der Waals surface area contributed by atoms with E-state index in [1.807, 2.05) is 13.0 Å². The van der Waals surface area contributed by atoms with Crippen molar-refractivity contribution in [3.8, 4) is 0 Å².